The highest BCUT2D eigenvalue weighted by molar-refractivity contribution is 5.70. The Bertz CT molecular complexity index is 1440. The number of aliphatic carboxylic acids is 1. The monoisotopic (exact) mass is 542 g/mol. The molecule has 0 bridgehead atoms. The minimum absolute atomic E-state index is 0.124. The number of nitrogens with zero attached hydrogens (tertiary/aromatic N) is 6. The molecule has 1 aliphatic rings. The summed E-state index contributed by atoms with van der Waals surface area (Å²) in [5.41, 5.74) is 4.16. The molecule has 0 unspecified atom stereocenters. The van der Waals surface area contributed by atoms with Crippen LogP contribution in [0.5, 0.6) is 5.75 Å². The Hall–Kier alpha value is -4.54. The van der Waals surface area contributed by atoms with Crippen LogP contribution in [0, 0.1) is 12.8 Å². The van der Waals surface area contributed by atoms with Crippen LogP contribution in [0.3, 0.4) is 0 Å². The first-order valence-corrected chi connectivity index (χ1v) is 13.6. The smallest absolute Gasteiger partial charge is 0.306 e. The van der Waals surface area contributed by atoms with E-state index >= 15 is 0 Å². The number of hydrogen-bond acceptors (Lipinski definition) is 9. The van der Waals surface area contributed by atoms with Gasteiger partial charge < -0.3 is 20.5 Å². The van der Waals surface area contributed by atoms with Gasteiger partial charge in [0.2, 0.25) is 5.95 Å². The molecule has 1 aliphatic carbocycles. The average Bonchev–Trinajstić information content (AvgIpc) is 3.34. The van der Waals surface area contributed by atoms with Crippen LogP contribution < -0.4 is 15.4 Å². The molecule has 11 heteroatoms. The van der Waals surface area contributed by atoms with Crippen molar-refractivity contribution in [3.05, 3.63) is 71.7 Å². The minimum atomic E-state index is -0.751. The van der Waals surface area contributed by atoms with Gasteiger partial charge in [-0.15, -0.1) is 5.10 Å². The Balaban J connectivity index is 1.21. The first-order valence-electron chi connectivity index (χ1n) is 13.6. The van der Waals surface area contributed by atoms with Crippen molar-refractivity contribution in [2.24, 2.45) is 13.0 Å². The lowest BCUT2D eigenvalue weighted by Crippen LogP contribution is -2.29. The van der Waals surface area contributed by atoms with Crippen LogP contribution in [0.25, 0.3) is 11.4 Å². The van der Waals surface area contributed by atoms with Crippen molar-refractivity contribution >= 4 is 17.7 Å². The van der Waals surface area contributed by atoms with E-state index in [2.05, 4.69) is 43.0 Å². The van der Waals surface area contributed by atoms with Gasteiger partial charge in [-0.25, -0.2) is 14.6 Å². The second-order valence-corrected chi connectivity index (χ2v) is 10.0. The number of anilines is 2. The van der Waals surface area contributed by atoms with E-state index < -0.39 is 5.97 Å². The number of carboxylic acid groups (broad SMARTS) is 1. The van der Waals surface area contributed by atoms with Gasteiger partial charge in [0, 0.05) is 19.8 Å². The van der Waals surface area contributed by atoms with Crippen LogP contribution in [-0.4, -0.2) is 53.7 Å². The van der Waals surface area contributed by atoms with E-state index in [1.807, 2.05) is 50.4 Å². The molecule has 11 nitrogen and oxygen atoms in total. The van der Waals surface area contributed by atoms with E-state index in [-0.39, 0.29) is 12.0 Å². The van der Waals surface area contributed by atoms with Crippen molar-refractivity contribution < 1.29 is 14.6 Å². The molecule has 1 saturated carbocycles. The van der Waals surface area contributed by atoms with Gasteiger partial charge in [0.15, 0.2) is 0 Å². The Kier molecular flexibility index (Phi) is 8.48. The lowest BCUT2D eigenvalue weighted by Gasteiger charge is -2.27. The molecule has 0 saturated heterocycles. The first-order chi connectivity index (χ1) is 19.5. The highest BCUT2D eigenvalue weighted by Crippen LogP contribution is 2.30. The van der Waals surface area contributed by atoms with E-state index in [1.54, 1.807) is 10.9 Å². The maximum atomic E-state index is 11.4. The molecule has 0 aliphatic heterocycles. The average molecular weight is 543 g/mol. The van der Waals surface area contributed by atoms with E-state index in [9.17, 15) is 9.90 Å². The number of carboxylic acids is 1. The first kappa shape index (κ1) is 27.0. The Labute approximate surface area is 233 Å². The Morgan fingerprint density at radius 2 is 1.95 bits per heavy atom. The third-order valence-corrected chi connectivity index (χ3v) is 7.12. The zero-order valence-corrected chi connectivity index (χ0v) is 22.7. The molecular weight excluding hydrogens is 508 g/mol. The highest BCUT2D eigenvalue weighted by atomic mass is 16.5. The predicted octanol–water partition coefficient (Wildman–Crippen LogP) is 4.26. The van der Waals surface area contributed by atoms with Gasteiger partial charge in [0.25, 0.3) is 0 Å². The van der Waals surface area contributed by atoms with Gasteiger partial charge in [0.05, 0.1) is 35.6 Å². The number of hydrogen-bond donors (Lipinski definition) is 3. The molecule has 0 amide bonds. The number of nitrogens with one attached hydrogen (secondary N) is 2. The molecule has 5 rings (SSSR count). The molecule has 1 aromatic carbocycles. The van der Waals surface area contributed by atoms with Crippen LogP contribution >= 0.6 is 0 Å². The lowest BCUT2D eigenvalue weighted by atomic mass is 9.87. The summed E-state index contributed by atoms with van der Waals surface area (Å²) in [5, 5.41) is 24.6. The quantitative estimate of drug-likeness (QED) is 0.252. The molecule has 1 fully saturated rings. The van der Waals surface area contributed by atoms with Gasteiger partial charge in [-0.1, -0.05) is 35.5 Å². The molecule has 2 atom stereocenters. The summed E-state index contributed by atoms with van der Waals surface area (Å²) >= 11 is 0. The number of aryl methyl sites for hydroxylation is 2. The number of ether oxygens (including phenoxy) is 1. The molecule has 3 aromatic heterocycles. The molecule has 4 aromatic rings. The summed E-state index contributed by atoms with van der Waals surface area (Å²) in [6.07, 6.45) is 5.40. The number of pyridine rings is 1. The third kappa shape index (κ3) is 6.71. The van der Waals surface area contributed by atoms with Crippen molar-refractivity contribution in [2.45, 2.75) is 51.7 Å². The molecule has 3 N–H and O–H groups in total. The second kappa shape index (κ2) is 12.5. The topological polar surface area (TPSA) is 140 Å². The van der Waals surface area contributed by atoms with Crippen molar-refractivity contribution in [1.29, 1.82) is 0 Å². The predicted molar refractivity (Wildman–Crippen MR) is 151 cm³/mol. The zero-order chi connectivity index (χ0) is 27.9. The van der Waals surface area contributed by atoms with Gasteiger partial charge in [0.1, 0.15) is 17.3 Å². The summed E-state index contributed by atoms with van der Waals surface area (Å²) in [6.45, 7) is 3.06. The highest BCUT2D eigenvalue weighted by Gasteiger charge is 2.28. The molecule has 3 heterocycles. The Morgan fingerprint density at radius 1 is 1.10 bits per heavy atom. The summed E-state index contributed by atoms with van der Waals surface area (Å²) in [5.74, 6) is 0.803. The van der Waals surface area contributed by atoms with Gasteiger partial charge in [-0.3, -0.25) is 4.79 Å². The summed E-state index contributed by atoms with van der Waals surface area (Å²) in [7, 11) is 1.84. The SMILES string of the molecule is Cc1nc(-c2nnn(C)c2CNc2nccc(NCCc3ccccc3)n2)ccc1O[C@H]1CCC[C@H](C(=O)O)C1. The van der Waals surface area contributed by atoms with E-state index in [4.69, 9.17) is 9.72 Å². The number of carbonyl (C=O) groups is 1. The van der Waals surface area contributed by atoms with Crippen LogP contribution in [0.15, 0.2) is 54.7 Å². The Morgan fingerprint density at radius 3 is 2.75 bits per heavy atom. The normalized spacial score (nSPS) is 16.9. The maximum Gasteiger partial charge on any atom is 0.306 e. The molecular formula is C29H34N8O3. The molecule has 0 radical (unpaired) electrons. The number of rotatable bonds is 11. The molecule has 40 heavy (non-hydrogen) atoms. The largest absolute Gasteiger partial charge is 0.489 e. The lowest BCUT2D eigenvalue weighted by molar-refractivity contribution is -0.143. The zero-order valence-electron chi connectivity index (χ0n) is 22.7. The van der Waals surface area contributed by atoms with Gasteiger partial charge in [-0.05, 0) is 62.8 Å². The van der Waals surface area contributed by atoms with Gasteiger partial charge in [-0.2, -0.15) is 4.98 Å². The van der Waals surface area contributed by atoms with Crippen molar-refractivity contribution in [3.63, 3.8) is 0 Å². The fourth-order valence-electron chi connectivity index (χ4n) is 4.92. The standard InChI is InChI=1S/C29H34N8O3/c1-19-25(40-22-10-6-9-21(17-22)28(38)39)12-11-23(33-19)27-24(37(2)36-35-27)18-32-29-31-16-14-26(34-29)30-15-13-20-7-4-3-5-8-20/h3-5,7-8,11-12,14,16,21-22H,6,9-10,13,15,17-18H2,1-2H3,(H,38,39)(H2,30,31,32,34)/t21-,22-/m0/s1. The van der Waals surface area contributed by atoms with Crippen LogP contribution in [0.2, 0.25) is 0 Å². The van der Waals surface area contributed by atoms with Crippen LogP contribution in [0.1, 0.15) is 42.6 Å². The van der Waals surface area contributed by atoms with E-state index in [0.29, 0.717) is 42.5 Å². The van der Waals surface area contributed by atoms with Gasteiger partial charge >= 0.3 is 5.97 Å². The maximum absolute atomic E-state index is 11.4. The summed E-state index contributed by atoms with van der Waals surface area (Å²) in [6, 6.07) is 15.9. The van der Waals surface area contributed by atoms with Crippen LogP contribution in [0.4, 0.5) is 11.8 Å². The third-order valence-electron chi connectivity index (χ3n) is 7.12. The van der Waals surface area contributed by atoms with Crippen molar-refractivity contribution in [1.82, 2.24) is 29.9 Å². The van der Waals surface area contributed by atoms with E-state index in [1.165, 1.54) is 5.56 Å². The summed E-state index contributed by atoms with van der Waals surface area (Å²) < 4.78 is 7.87. The number of benzene rings is 1. The minimum Gasteiger partial charge on any atom is -0.489 e. The van der Waals surface area contributed by atoms with Crippen molar-refractivity contribution in [2.75, 3.05) is 17.2 Å². The van der Waals surface area contributed by atoms with Crippen molar-refractivity contribution in [3.8, 4) is 17.1 Å². The van der Waals surface area contributed by atoms with E-state index in [0.717, 1.165) is 43.0 Å². The van der Waals surface area contributed by atoms with Crippen LogP contribution in [-0.2, 0) is 24.8 Å². The second-order valence-electron chi connectivity index (χ2n) is 10.0. The fourth-order valence-corrected chi connectivity index (χ4v) is 4.92. The molecule has 0 spiro atoms. The number of aromatic nitrogens is 6. The fraction of sp³-hybridized carbons (Fsp3) is 0.379. The summed E-state index contributed by atoms with van der Waals surface area (Å²) in [4.78, 5) is 25.1. The molecule has 208 valence electrons.